The second-order valence-corrected chi connectivity index (χ2v) is 7.39. The molecule has 0 radical (unpaired) electrons. The number of sulfonamides is 1. The van der Waals surface area contributed by atoms with Crippen molar-refractivity contribution in [3.05, 3.63) is 21.7 Å². The van der Waals surface area contributed by atoms with Gasteiger partial charge in [-0.15, -0.1) is 11.3 Å². The fraction of sp³-hybridized carbons (Fsp3) is 0.222. The Morgan fingerprint density at radius 2 is 2.22 bits per heavy atom. The molecule has 18 heavy (non-hydrogen) atoms. The molecule has 0 amide bonds. The predicted octanol–water partition coefficient (Wildman–Crippen LogP) is 2.34. The molecule has 6 nitrogen and oxygen atoms in total. The zero-order chi connectivity index (χ0) is 13.5. The average molecular weight is 353 g/mol. The Kier molecular flexibility index (Phi) is 3.39. The lowest BCUT2D eigenvalue weighted by atomic mass is 10.5. The highest BCUT2D eigenvalue weighted by molar-refractivity contribution is 9.10. The van der Waals surface area contributed by atoms with Crippen molar-refractivity contribution < 1.29 is 18.0 Å². The van der Waals surface area contributed by atoms with E-state index in [9.17, 15) is 13.5 Å². The van der Waals surface area contributed by atoms with Gasteiger partial charge in [-0.2, -0.15) is 8.42 Å². The minimum Gasteiger partial charge on any atom is -0.505 e. The molecule has 2 aromatic heterocycles. The molecule has 0 aliphatic rings. The summed E-state index contributed by atoms with van der Waals surface area (Å²) in [6, 6.07) is 1.50. The van der Waals surface area contributed by atoms with Crippen LogP contribution in [0, 0.1) is 6.92 Å². The van der Waals surface area contributed by atoms with E-state index in [4.69, 9.17) is 4.52 Å². The van der Waals surface area contributed by atoms with Gasteiger partial charge in [0.1, 0.15) is 5.76 Å². The summed E-state index contributed by atoms with van der Waals surface area (Å²) in [6.07, 6.45) is 0. The van der Waals surface area contributed by atoms with Crippen molar-refractivity contribution in [2.75, 3.05) is 11.4 Å². The maximum Gasteiger partial charge on any atom is 0.278 e. The maximum absolute atomic E-state index is 12.2. The molecule has 0 saturated heterocycles. The quantitative estimate of drug-likeness (QED) is 0.916. The number of rotatable bonds is 3. The molecule has 0 fully saturated rings. The van der Waals surface area contributed by atoms with Gasteiger partial charge < -0.3 is 9.63 Å². The Labute approximate surface area is 116 Å². The average Bonchev–Trinajstić information content (AvgIpc) is 2.86. The number of hydrogen-bond acceptors (Lipinski definition) is 6. The highest BCUT2D eigenvalue weighted by atomic mass is 79.9. The molecule has 0 aliphatic carbocycles. The zero-order valence-corrected chi connectivity index (χ0v) is 12.6. The summed E-state index contributed by atoms with van der Waals surface area (Å²) in [6.45, 7) is 1.66. The van der Waals surface area contributed by atoms with Crippen LogP contribution in [0.1, 0.15) is 5.76 Å². The van der Waals surface area contributed by atoms with E-state index in [-0.39, 0.29) is 15.8 Å². The van der Waals surface area contributed by atoms with Gasteiger partial charge in [0, 0.05) is 18.5 Å². The first-order valence-electron chi connectivity index (χ1n) is 4.72. The Bertz CT molecular complexity index is 677. The normalized spacial score (nSPS) is 11.7. The van der Waals surface area contributed by atoms with E-state index < -0.39 is 10.0 Å². The van der Waals surface area contributed by atoms with Crippen molar-refractivity contribution in [3.63, 3.8) is 0 Å². The van der Waals surface area contributed by atoms with Gasteiger partial charge in [0.25, 0.3) is 10.0 Å². The monoisotopic (exact) mass is 352 g/mol. The number of hydrogen-bond donors (Lipinski definition) is 1. The van der Waals surface area contributed by atoms with Crippen molar-refractivity contribution in [1.29, 1.82) is 0 Å². The zero-order valence-electron chi connectivity index (χ0n) is 9.42. The van der Waals surface area contributed by atoms with Crippen LogP contribution in [0.25, 0.3) is 0 Å². The van der Waals surface area contributed by atoms with E-state index in [2.05, 4.69) is 21.1 Å². The maximum atomic E-state index is 12.2. The van der Waals surface area contributed by atoms with E-state index in [0.29, 0.717) is 10.2 Å². The van der Waals surface area contributed by atoms with Gasteiger partial charge in [-0.05, 0) is 22.9 Å². The third-order valence-corrected chi connectivity index (χ3v) is 6.38. The number of anilines is 1. The Balaban J connectivity index is 2.46. The van der Waals surface area contributed by atoms with Crippen LogP contribution >= 0.6 is 27.3 Å². The number of halogens is 1. The highest BCUT2D eigenvalue weighted by Crippen LogP contribution is 2.39. The molecular weight excluding hydrogens is 344 g/mol. The van der Waals surface area contributed by atoms with Crippen molar-refractivity contribution in [3.8, 4) is 5.75 Å². The lowest BCUT2D eigenvalue weighted by Gasteiger charge is -2.14. The van der Waals surface area contributed by atoms with Crippen LogP contribution in [0.3, 0.4) is 0 Å². The molecular formula is C9H9BrN2O4S2. The molecule has 0 saturated carbocycles. The second-order valence-electron chi connectivity index (χ2n) is 3.49. The Hall–Kier alpha value is -1.06. The molecule has 0 spiro atoms. The summed E-state index contributed by atoms with van der Waals surface area (Å²) >= 11 is 3.99. The molecule has 2 rings (SSSR count). The third-order valence-electron chi connectivity index (χ3n) is 2.22. The van der Waals surface area contributed by atoms with Crippen LogP contribution < -0.4 is 4.31 Å². The van der Waals surface area contributed by atoms with Gasteiger partial charge in [-0.1, -0.05) is 5.16 Å². The lowest BCUT2D eigenvalue weighted by Crippen LogP contribution is -2.26. The molecule has 0 bridgehead atoms. The minimum atomic E-state index is -3.84. The second kappa shape index (κ2) is 4.56. The number of aromatic nitrogens is 1. The van der Waals surface area contributed by atoms with Gasteiger partial charge >= 0.3 is 0 Å². The lowest BCUT2D eigenvalue weighted by molar-refractivity contribution is 0.399. The summed E-state index contributed by atoms with van der Waals surface area (Å²) in [4.78, 5) is 0. The van der Waals surface area contributed by atoms with Crippen LogP contribution in [0.4, 0.5) is 5.82 Å². The fourth-order valence-electron chi connectivity index (χ4n) is 1.25. The van der Waals surface area contributed by atoms with Crippen LogP contribution in [0.2, 0.25) is 0 Å². The molecule has 98 valence electrons. The van der Waals surface area contributed by atoms with E-state index in [1.807, 2.05) is 0 Å². The first kappa shape index (κ1) is 13.4. The summed E-state index contributed by atoms with van der Waals surface area (Å²) in [7, 11) is -2.49. The van der Waals surface area contributed by atoms with Crippen molar-refractivity contribution in [1.82, 2.24) is 5.16 Å². The summed E-state index contributed by atoms with van der Waals surface area (Å²) < 4.78 is 30.5. The van der Waals surface area contributed by atoms with Crippen LogP contribution in [0.5, 0.6) is 5.75 Å². The molecule has 9 heteroatoms. The van der Waals surface area contributed by atoms with Crippen LogP contribution in [0.15, 0.2) is 24.7 Å². The largest absolute Gasteiger partial charge is 0.505 e. The smallest absolute Gasteiger partial charge is 0.278 e. The van der Waals surface area contributed by atoms with E-state index in [0.717, 1.165) is 15.6 Å². The molecule has 0 aliphatic heterocycles. The molecule has 2 heterocycles. The van der Waals surface area contributed by atoms with Gasteiger partial charge in [-0.3, -0.25) is 0 Å². The molecule has 0 aromatic carbocycles. The first-order chi connectivity index (χ1) is 8.34. The number of aryl methyl sites for hydroxylation is 1. The first-order valence-corrected chi connectivity index (χ1v) is 7.83. The topological polar surface area (TPSA) is 83.6 Å². The summed E-state index contributed by atoms with van der Waals surface area (Å²) in [5.41, 5.74) is 0. The van der Waals surface area contributed by atoms with Crippen LogP contribution in [-0.4, -0.2) is 25.7 Å². The van der Waals surface area contributed by atoms with E-state index >= 15 is 0 Å². The Morgan fingerprint density at radius 3 is 2.67 bits per heavy atom. The van der Waals surface area contributed by atoms with E-state index in [1.54, 1.807) is 6.92 Å². The van der Waals surface area contributed by atoms with E-state index in [1.165, 1.54) is 18.5 Å². The van der Waals surface area contributed by atoms with Crippen molar-refractivity contribution in [2.24, 2.45) is 0 Å². The molecule has 1 N–H and O–H groups in total. The van der Waals surface area contributed by atoms with Crippen LogP contribution in [-0.2, 0) is 10.0 Å². The summed E-state index contributed by atoms with van der Waals surface area (Å²) in [5, 5.41) is 14.8. The van der Waals surface area contributed by atoms with Gasteiger partial charge in [0.05, 0.1) is 4.47 Å². The van der Waals surface area contributed by atoms with Crippen molar-refractivity contribution in [2.45, 2.75) is 11.1 Å². The third kappa shape index (κ3) is 2.13. The predicted molar refractivity (Wildman–Crippen MR) is 70.5 cm³/mol. The fourth-order valence-corrected chi connectivity index (χ4v) is 4.43. The van der Waals surface area contributed by atoms with Gasteiger partial charge in [0.2, 0.25) is 0 Å². The molecule has 0 atom stereocenters. The minimum absolute atomic E-state index is 0.141. The van der Waals surface area contributed by atoms with Gasteiger partial charge in [-0.25, -0.2) is 4.31 Å². The van der Waals surface area contributed by atoms with Gasteiger partial charge in [0.15, 0.2) is 15.8 Å². The molecule has 2 aromatic rings. The number of nitrogens with zero attached hydrogens (tertiary/aromatic N) is 2. The Morgan fingerprint density at radius 1 is 1.56 bits per heavy atom. The highest BCUT2D eigenvalue weighted by Gasteiger charge is 2.29. The van der Waals surface area contributed by atoms with Crippen molar-refractivity contribution >= 4 is 43.1 Å². The summed E-state index contributed by atoms with van der Waals surface area (Å²) in [5.74, 6) is 0.368. The molecule has 0 unspecified atom stereocenters. The SMILES string of the molecule is Cc1cc(N(C)S(=O)(=O)c2scc(Br)c2O)no1. The number of thiophene rings is 1. The standard InChI is InChI=1S/C9H9BrN2O4S2/c1-5-3-7(11-16-5)12(2)18(14,15)9-8(13)6(10)4-17-9/h3-4,13H,1-2H3. The number of aromatic hydroxyl groups is 1.